The third-order valence-electron chi connectivity index (χ3n) is 8.26. The molecule has 1 saturated carbocycles. The summed E-state index contributed by atoms with van der Waals surface area (Å²) in [5, 5.41) is 3.06. The molecule has 1 aliphatic rings. The second-order valence-corrected chi connectivity index (χ2v) is 13.1. The number of rotatable bonds is 14. The maximum atomic E-state index is 14.4. The molecule has 0 aliphatic heterocycles. The normalized spacial score (nSPS) is 14.1. The van der Waals surface area contributed by atoms with Crippen LogP contribution in [-0.2, 0) is 26.2 Å². The molecular formula is C34H42FN3O8S. The highest BCUT2D eigenvalue weighted by Gasteiger charge is 2.35. The van der Waals surface area contributed by atoms with Crippen molar-refractivity contribution in [2.24, 2.45) is 0 Å². The number of ether oxygens (including phenoxy) is 4. The highest BCUT2D eigenvalue weighted by molar-refractivity contribution is 7.92. The average Bonchev–Trinajstić information content (AvgIpc) is 3.09. The van der Waals surface area contributed by atoms with Crippen molar-refractivity contribution in [3.05, 3.63) is 72.0 Å². The summed E-state index contributed by atoms with van der Waals surface area (Å²) >= 11 is 0. The van der Waals surface area contributed by atoms with Crippen molar-refractivity contribution in [2.45, 2.75) is 62.6 Å². The van der Waals surface area contributed by atoms with E-state index in [9.17, 15) is 22.4 Å². The number of nitrogens with zero attached hydrogens (tertiary/aromatic N) is 2. The number of carbonyl (C=O) groups is 2. The molecule has 0 heterocycles. The molecule has 1 N–H and O–H groups in total. The Bertz CT molecular complexity index is 1650. The fourth-order valence-corrected chi connectivity index (χ4v) is 6.98. The van der Waals surface area contributed by atoms with E-state index in [0.29, 0.717) is 17.1 Å². The number of hydrogen-bond donors (Lipinski definition) is 1. The molecule has 11 nitrogen and oxygen atoms in total. The van der Waals surface area contributed by atoms with Crippen molar-refractivity contribution in [3.63, 3.8) is 0 Å². The fourth-order valence-electron chi connectivity index (χ4n) is 5.55. The molecule has 3 aromatic rings. The molecule has 1 fully saturated rings. The molecule has 13 heteroatoms. The first-order valence-corrected chi connectivity index (χ1v) is 16.8. The average molecular weight is 672 g/mol. The number of carbonyl (C=O) groups excluding carboxylic acids is 2. The third-order valence-corrected chi connectivity index (χ3v) is 10.0. The van der Waals surface area contributed by atoms with E-state index in [0.717, 1.165) is 36.4 Å². The molecule has 0 unspecified atom stereocenters. The number of anilines is 1. The summed E-state index contributed by atoms with van der Waals surface area (Å²) in [6, 6.07) is 13.3. The Balaban J connectivity index is 1.78. The van der Waals surface area contributed by atoms with Crippen LogP contribution >= 0.6 is 0 Å². The zero-order chi connectivity index (χ0) is 34.1. The predicted octanol–water partition coefficient (Wildman–Crippen LogP) is 4.92. The van der Waals surface area contributed by atoms with Crippen LogP contribution in [0.2, 0.25) is 0 Å². The summed E-state index contributed by atoms with van der Waals surface area (Å²) in [5.74, 6) is -0.512. The monoisotopic (exact) mass is 671 g/mol. The number of nitrogens with one attached hydrogen (secondary N) is 1. The fraction of sp³-hybridized carbons (Fsp3) is 0.412. The molecule has 47 heavy (non-hydrogen) atoms. The zero-order valence-electron chi connectivity index (χ0n) is 27.3. The van der Waals surface area contributed by atoms with Crippen molar-refractivity contribution in [2.75, 3.05) is 39.3 Å². The van der Waals surface area contributed by atoms with E-state index in [1.165, 1.54) is 87.9 Å². The number of amides is 2. The number of methoxy groups -OCH3 is 4. The number of benzene rings is 3. The van der Waals surface area contributed by atoms with Gasteiger partial charge in [-0.05, 0) is 61.7 Å². The lowest BCUT2D eigenvalue weighted by Crippen LogP contribution is -2.53. The first kappa shape index (κ1) is 35.3. The minimum atomic E-state index is -4.48. The predicted molar refractivity (Wildman–Crippen MR) is 175 cm³/mol. The minimum absolute atomic E-state index is 0.00977. The van der Waals surface area contributed by atoms with Crippen LogP contribution < -0.4 is 28.6 Å². The molecule has 0 radical (unpaired) electrons. The van der Waals surface area contributed by atoms with E-state index in [2.05, 4.69) is 5.32 Å². The van der Waals surface area contributed by atoms with E-state index >= 15 is 0 Å². The number of sulfonamides is 1. The highest BCUT2D eigenvalue weighted by Crippen LogP contribution is 2.38. The molecule has 0 saturated heterocycles. The summed E-state index contributed by atoms with van der Waals surface area (Å²) in [6.45, 7) is 0.819. The van der Waals surface area contributed by atoms with Gasteiger partial charge in [0.1, 0.15) is 29.9 Å². The van der Waals surface area contributed by atoms with E-state index < -0.39 is 34.3 Å². The Morgan fingerprint density at radius 2 is 1.49 bits per heavy atom. The Hall–Kier alpha value is -4.52. The molecule has 0 spiro atoms. The Kier molecular flexibility index (Phi) is 11.9. The van der Waals surface area contributed by atoms with Gasteiger partial charge in [0.05, 0.1) is 39.0 Å². The van der Waals surface area contributed by atoms with Gasteiger partial charge in [0.25, 0.3) is 10.0 Å². The molecule has 0 aromatic heterocycles. The second kappa shape index (κ2) is 15.9. The lowest BCUT2D eigenvalue weighted by molar-refractivity contribution is -0.139. The molecule has 4 rings (SSSR count). The standard InChI is InChI=1S/C34H42FN3O8S/c1-23(34(40)36-26-9-7-6-8-10-26)37(21-24-11-13-25(35)14-12-24)33(39)22-38(29-19-27(43-2)15-17-30(29)44-3)47(41,42)28-16-18-31(45-4)32(20-28)46-5/h11-20,23,26H,6-10,21-22H2,1-5H3,(H,36,40)/t23-/m1/s1. The van der Waals surface area contributed by atoms with Gasteiger partial charge < -0.3 is 29.2 Å². The van der Waals surface area contributed by atoms with Crippen LogP contribution in [-0.4, -0.2) is 72.2 Å². The molecule has 1 aliphatic carbocycles. The van der Waals surface area contributed by atoms with Gasteiger partial charge >= 0.3 is 0 Å². The van der Waals surface area contributed by atoms with Gasteiger partial charge in [0.15, 0.2) is 11.5 Å². The molecule has 3 aromatic carbocycles. The topological polar surface area (TPSA) is 124 Å². The van der Waals surface area contributed by atoms with Gasteiger partial charge in [-0.15, -0.1) is 0 Å². The van der Waals surface area contributed by atoms with Gasteiger partial charge in [0, 0.05) is 24.7 Å². The van der Waals surface area contributed by atoms with E-state index in [-0.39, 0.29) is 40.6 Å². The number of halogens is 1. The van der Waals surface area contributed by atoms with Crippen LogP contribution in [0, 0.1) is 5.82 Å². The Morgan fingerprint density at radius 1 is 0.851 bits per heavy atom. The summed E-state index contributed by atoms with van der Waals surface area (Å²) < 4.78 is 65.1. The summed E-state index contributed by atoms with van der Waals surface area (Å²) in [5.41, 5.74) is 0.598. The van der Waals surface area contributed by atoms with Crippen LogP contribution in [0.15, 0.2) is 65.6 Å². The van der Waals surface area contributed by atoms with Crippen molar-refractivity contribution in [1.82, 2.24) is 10.2 Å². The minimum Gasteiger partial charge on any atom is -0.497 e. The van der Waals surface area contributed by atoms with Gasteiger partial charge in [-0.25, -0.2) is 12.8 Å². The van der Waals surface area contributed by atoms with Crippen molar-refractivity contribution in [3.8, 4) is 23.0 Å². The maximum absolute atomic E-state index is 14.4. The van der Waals surface area contributed by atoms with E-state index in [1.807, 2.05) is 0 Å². The van der Waals surface area contributed by atoms with Crippen molar-refractivity contribution < 1.29 is 41.3 Å². The molecule has 2 amide bonds. The van der Waals surface area contributed by atoms with Crippen LogP contribution in [0.3, 0.4) is 0 Å². The Morgan fingerprint density at radius 3 is 2.11 bits per heavy atom. The van der Waals surface area contributed by atoms with Gasteiger partial charge in [-0.2, -0.15) is 0 Å². The third kappa shape index (κ3) is 8.45. The Labute approximate surface area is 275 Å². The largest absolute Gasteiger partial charge is 0.497 e. The zero-order valence-corrected chi connectivity index (χ0v) is 28.1. The highest BCUT2D eigenvalue weighted by atomic mass is 32.2. The quantitative estimate of drug-likeness (QED) is 0.256. The number of hydrogen-bond acceptors (Lipinski definition) is 8. The summed E-state index contributed by atoms with van der Waals surface area (Å²) in [6.07, 6.45) is 4.80. The second-order valence-electron chi connectivity index (χ2n) is 11.2. The van der Waals surface area contributed by atoms with Crippen LogP contribution in [0.1, 0.15) is 44.6 Å². The van der Waals surface area contributed by atoms with E-state index in [4.69, 9.17) is 18.9 Å². The van der Waals surface area contributed by atoms with Gasteiger partial charge in [-0.3, -0.25) is 13.9 Å². The molecule has 1 atom stereocenters. The summed E-state index contributed by atoms with van der Waals surface area (Å²) in [4.78, 5) is 29.0. The molecule has 254 valence electrons. The lowest BCUT2D eigenvalue weighted by Gasteiger charge is -2.33. The first-order valence-electron chi connectivity index (χ1n) is 15.3. The molecule has 0 bridgehead atoms. The van der Waals surface area contributed by atoms with Crippen LogP contribution in [0.4, 0.5) is 10.1 Å². The van der Waals surface area contributed by atoms with Crippen LogP contribution in [0.25, 0.3) is 0 Å². The van der Waals surface area contributed by atoms with Crippen molar-refractivity contribution in [1.29, 1.82) is 0 Å². The maximum Gasteiger partial charge on any atom is 0.265 e. The van der Waals surface area contributed by atoms with E-state index in [1.54, 1.807) is 13.0 Å². The van der Waals surface area contributed by atoms with Gasteiger partial charge in [0.2, 0.25) is 11.8 Å². The lowest BCUT2D eigenvalue weighted by atomic mass is 9.95. The summed E-state index contributed by atoms with van der Waals surface area (Å²) in [7, 11) is 1.15. The molecular weight excluding hydrogens is 629 g/mol. The van der Waals surface area contributed by atoms with Crippen LogP contribution in [0.5, 0.6) is 23.0 Å². The SMILES string of the molecule is COc1ccc(OC)c(N(CC(=O)N(Cc2ccc(F)cc2)[C@H](C)C(=O)NC2CCCCC2)S(=O)(=O)c2ccc(OC)c(OC)c2)c1. The van der Waals surface area contributed by atoms with Crippen molar-refractivity contribution >= 4 is 27.5 Å². The van der Waals surface area contributed by atoms with Gasteiger partial charge in [-0.1, -0.05) is 31.4 Å². The smallest absolute Gasteiger partial charge is 0.265 e. The first-order chi connectivity index (χ1) is 22.5.